The van der Waals surface area contributed by atoms with Gasteiger partial charge >= 0.3 is 17.3 Å². The lowest BCUT2D eigenvalue weighted by atomic mass is 9.76. The first-order valence-corrected chi connectivity index (χ1v) is 8.73. The van der Waals surface area contributed by atoms with Gasteiger partial charge in [-0.1, -0.05) is 30.3 Å². The Morgan fingerprint density at radius 3 is 1.96 bits per heavy atom. The fraction of sp³-hybridized carbons (Fsp3) is 0.375. The molecule has 0 radical (unpaired) electrons. The molecular formula is C16H18BFO4S. The number of hydrogen-bond acceptors (Lipinski definition) is 4. The number of fused-ring (bicyclic) bond motifs is 1. The average Bonchev–Trinajstić information content (AvgIpc) is 2.65. The Hall–Kier alpha value is -1.44. The van der Waals surface area contributed by atoms with Crippen molar-refractivity contribution in [2.45, 2.75) is 43.8 Å². The lowest BCUT2D eigenvalue weighted by molar-refractivity contribution is 0.00578. The molecule has 0 N–H and O–H groups in total. The summed E-state index contributed by atoms with van der Waals surface area (Å²) in [5.41, 5.74) is -0.334. The van der Waals surface area contributed by atoms with E-state index in [1.54, 1.807) is 30.3 Å². The predicted octanol–water partition coefficient (Wildman–Crippen LogP) is 2.80. The predicted molar refractivity (Wildman–Crippen MR) is 88.0 cm³/mol. The van der Waals surface area contributed by atoms with Gasteiger partial charge in [-0.2, -0.15) is 8.42 Å². The zero-order valence-electron chi connectivity index (χ0n) is 13.5. The highest BCUT2D eigenvalue weighted by molar-refractivity contribution is 7.86. The Morgan fingerprint density at radius 1 is 0.913 bits per heavy atom. The van der Waals surface area contributed by atoms with E-state index in [0.29, 0.717) is 16.2 Å². The average molecular weight is 336 g/mol. The van der Waals surface area contributed by atoms with Crippen LogP contribution in [0.4, 0.5) is 3.89 Å². The molecule has 1 aliphatic heterocycles. The number of benzene rings is 2. The van der Waals surface area contributed by atoms with E-state index in [9.17, 15) is 12.3 Å². The first kappa shape index (κ1) is 16.4. The van der Waals surface area contributed by atoms with E-state index in [1.165, 1.54) is 6.07 Å². The van der Waals surface area contributed by atoms with Crippen molar-refractivity contribution in [3.8, 4) is 0 Å². The molecule has 1 aliphatic rings. The molecule has 0 amide bonds. The Morgan fingerprint density at radius 2 is 1.43 bits per heavy atom. The summed E-state index contributed by atoms with van der Waals surface area (Å²) in [4.78, 5) is -0.339. The van der Waals surface area contributed by atoms with E-state index >= 15 is 0 Å². The molecule has 23 heavy (non-hydrogen) atoms. The van der Waals surface area contributed by atoms with Gasteiger partial charge in [0, 0.05) is 5.39 Å². The van der Waals surface area contributed by atoms with Crippen LogP contribution in [0.15, 0.2) is 41.3 Å². The standard InChI is InChI=1S/C16H18BFO4S/c1-15(2)16(3,4)22-17(21-15)13-9-10-14(23(18,19)20)12-8-6-5-7-11(12)13/h5-10H,1-4H3. The lowest BCUT2D eigenvalue weighted by Crippen LogP contribution is -2.41. The first-order chi connectivity index (χ1) is 10.5. The third kappa shape index (κ3) is 2.67. The summed E-state index contributed by atoms with van der Waals surface area (Å²) in [6, 6.07) is 9.58. The SMILES string of the molecule is CC1(C)OB(c2ccc(S(=O)(=O)F)c3ccccc23)OC1(C)C. The summed E-state index contributed by atoms with van der Waals surface area (Å²) >= 11 is 0. The van der Waals surface area contributed by atoms with E-state index in [1.807, 2.05) is 27.7 Å². The van der Waals surface area contributed by atoms with Crippen LogP contribution in [0.3, 0.4) is 0 Å². The molecule has 1 fully saturated rings. The van der Waals surface area contributed by atoms with Crippen LogP contribution in [-0.2, 0) is 19.5 Å². The summed E-state index contributed by atoms with van der Waals surface area (Å²) in [6.07, 6.45) is 0. The Labute approximate surface area is 136 Å². The van der Waals surface area contributed by atoms with Gasteiger partial charge in [-0.25, -0.2) is 0 Å². The van der Waals surface area contributed by atoms with Crippen molar-refractivity contribution in [3.05, 3.63) is 36.4 Å². The minimum absolute atomic E-state index is 0.321. The van der Waals surface area contributed by atoms with Gasteiger partial charge in [-0.3, -0.25) is 0 Å². The van der Waals surface area contributed by atoms with Crippen LogP contribution in [-0.4, -0.2) is 26.7 Å². The van der Waals surface area contributed by atoms with E-state index in [2.05, 4.69) is 0 Å². The second kappa shape index (κ2) is 5.03. The summed E-state index contributed by atoms with van der Waals surface area (Å²) in [5.74, 6) is 0. The molecule has 0 unspecified atom stereocenters. The molecule has 0 aliphatic carbocycles. The highest BCUT2D eigenvalue weighted by Crippen LogP contribution is 2.37. The minimum Gasteiger partial charge on any atom is -0.399 e. The molecule has 1 saturated heterocycles. The highest BCUT2D eigenvalue weighted by Gasteiger charge is 2.52. The fourth-order valence-electron chi connectivity index (χ4n) is 2.68. The Kier molecular flexibility index (Phi) is 3.59. The van der Waals surface area contributed by atoms with Crippen molar-refractivity contribution in [2.75, 3.05) is 0 Å². The van der Waals surface area contributed by atoms with Gasteiger partial charge < -0.3 is 9.31 Å². The smallest absolute Gasteiger partial charge is 0.399 e. The molecule has 122 valence electrons. The molecule has 0 atom stereocenters. The zero-order chi connectivity index (χ0) is 17.0. The molecule has 1 heterocycles. The minimum atomic E-state index is -4.80. The van der Waals surface area contributed by atoms with Crippen LogP contribution in [0.25, 0.3) is 10.8 Å². The fourth-order valence-corrected chi connectivity index (χ4v) is 3.35. The molecule has 0 saturated carbocycles. The maximum absolute atomic E-state index is 13.5. The number of rotatable bonds is 2. The highest BCUT2D eigenvalue weighted by atomic mass is 32.3. The molecule has 0 spiro atoms. The lowest BCUT2D eigenvalue weighted by Gasteiger charge is -2.32. The van der Waals surface area contributed by atoms with Crippen LogP contribution in [0, 0.1) is 0 Å². The quantitative estimate of drug-likeness (QED) is 0.625. The Balaban J connectivity index is 2.19. The summed E-state index contributed by atoms with van der Waals surface area (Å²) < 4.78 is 48.3. The molecule has 0 aromatic heterocycles. The summed E-state index contributed by atoms with van der Waals surface area (Å²) in [7, 11) is -5.43. The van der Waals surface area contributed by atoms with Crippen LogP contribution < -0.4 is 5.46 Å². The van der Waals surface area contributed by atoms with Gasteiger partial charge in [-0.05, 0) is 44.6 Å². The number of hydrogen-bond donors (Lipinski definition) is 0. The van der Waals surface area contributed by atoms with Crippen molar-refractivity contribution in [3.63, 3.8) is 0 Å². The van der Waals surface area contributed by atoms with Crippen molar-refractivity contribution in [1.29, 1.82) is 0 Å². The van der Waals surface area contributed by atoms with Crippen molar-refractivity contribution < 1.29 is 21.6 Å². The van der Waals surface area contributed by atoms with Gasteiger partial charge in [0.25, 0.3) is 0 Å². The van der Waals surface area contributed by atoms with Crippen LogP contribution >= 0.6 is 0 Å². The largest absolute Gasteiger partial charge is 0.495 e. The number of halogens is 1. The maximum atomic E-state index is 13.5. The maximum Gasteiger partial charge on any atom is 0.495 e. The van der Waals surface area contributed by atoms with E-state index in [-0.39, 0.29) is 4.90 Å². The third-order valence-corrected chi connectivity index (χ3v) is 5.57. The topological polar surface area (TPSA) is 52.6 Å². The molecular weight excluding hydrogens is 318 g/mol. The molecule has 2 aromatic carbocycles. The van der Waals surface area contributed by atoms with Crippen molar-refractivity contribution >= 4 is 33.6 Å². The summed E-state index contributed by atoms with van der Waals surface area (Å²) in [6.45, 7) is 7.76. The van der Waals surface area contributed by atoms with E-state index < -0.39 is 28.5 Å². The zero-order valence-corrected chi connectivity index (χ0v) is 14.3. The van der Waals surface area contributed by atoms with Gasteiger partial charge in [0.2, 0.25) is 0 Å². The third-order valence-electron chi connectivity index (χ3n) is 4.69. The van der Waals surface area contributed by atoms with E-state index in [0.717, 1.165) is 0 Å². The summed E-state index contributed by atoms with van der Waals surface area (Å²) in [5, 5.41) is 0.923. The molecule has 7 heteroatoms. The normalized spacial score (nSPS) is 20.1. The molecule has 2 aromatic rings. The van der Waals surface area contributed by atoms with Crippen molar-refractivity contribution in [1.82, 2.24) is 0 Å². The van der Waals surface area contributed by atoms with Gasteiger partial charge in [0.15, 0.2) is 0 Å². The van der Waals surface area contributed by atoms with Crippen LogP contribution in [0.5, 0.6) is 0 Å². The first-order valence-electron chi connectivity index (χ1n) is 7.35. The molecule has 0 bridgehead atoms. The van der Waals surface area contributed by atoms with Gasteiger partial charge in [-0.15, -0.1) is 3.89 Å². The van der Waals surface area contributed by atoms with Crippen LogP contribution in [0.1, 0.15) is 27.7 Å². The van der Waals surface area contributed by atoms with Gasteiger partial charge in [0.05, 0.1) is 11.2 Å². The monoisotopic (exact) mass is 336 g/mol. The molecule has 4 nitrogen and oxygen atoms in total. The van der Waals surface area contributed by atoms with Gasteiger partial charge in [0.1, 0.15) is 4.90 Å². The second-order valence-electron chi connectivity index (χ2n) is 6.72. The van der Waals surface area contributed by atoms with E-state index in [4.69, 9.17) is 9.31 Å². The van der Waals surface area contributed by atoms with Crippen LogP contribution in [0.2, 0.25) is 0 Å². The Bertz CT molecular complexity index is 861. The molecule has 3 rings (SSSR count). The van der Waals surface area contributed by atoms with Crippen molar-refractivity contribution in [2.24, 2.45) is 0 Å². The second-order valence-corrected chi connectivity index (χ2v) is 8.04.